The molecular weight excluding hydrogens is 338 g/mol. The Morgan fingerprint density at radius 3 is 2.36 bits per heavy atom. The molecule has 0 aromatic heterocycles. The lowest BCUT2D eigenvalue weighted by Crippen LogP contribution is -2.23. The molecule has 0 atom stereocenters. The van der Waals surface area contributed by atoms with Crippen molar-refractivity contribution < 1.29 is 17.9 Å². The summed E-state index contributed by atoms with van der Waals surface area (Å²) in [5, 5.41) is 1.58. The maximum atomic E-state index is 12.7. The van der Waals surface area contributed by atoms with Gasteiger partial charge in [0, 0.05) is 11.9 Å². The van der Waals surface area contributed by atoms with Crippen molar-refractivity contribution >= 4 is 20.8 Å². The first-order valence-corrected chi connectivity index (χ1v) is 9.22. The number of nitrogens with one attached hydrogen (secondary N) is 1. The first kappa shape index (κ1) is 17.3. The Kier molecular flexibility index (Phi) is 4.92. The van der Waals surface area contributed by atoms with E-state index in [1.807, 2.05) is 24.3 Å². The number of methoxy groups -OCH3 is 2. The van der Waals surface area contributed by atoms with Gasteiger partial charge in [0.25, 0.3) is 0 Å². The van der Waals surface area contributed by atoms with Gasteiger partial charge in [-0.05, 0) is 29.1 Å². The summed E-state index contributed by atoms with van der Waals surface area (Å²) in [4.78, 5) is 0.270. The summed E-state index contributed by atoms with van der Waals surface area (Å²) in [6.07, 6.45) is 0. The summed E-state index contributed by atoms with van der Waals surface area (Å²) in [6, 6.07) is 18.0. The van der Waals surface area contributed by atoms with Gasteiger partial charge >= 0.3 is 0 Å². The van der Waals surface area contributed by atoms with Gasteiger partial charge in [-0.25, -0.2) is 13.1 Å². The van der Waals surface area contributed by atoms with E-state index in [0.29, 0.717) is 16.9 Å². The third-order valence-electron chi connectivity index (χ3n) is 3.95. The molecule has 0 saturated carbocycles. The van der Waals surface area contributed by atoms with Crippen LogP contribution in [0.3, 0.4) is 0 Å². The second kappa shape index (κ2) is 7.13. The number of ether oxygens (including phenoxy) is 2. The molecule has 0 aliphatic heterocycles. The van der Waals surface area contributed by atoms with Gasteiger partial charge in [-0.15, -0.1) is 0 Å². The van der Waals surface area contributed by atoms with Crippen LogP contribution in [0.2, 0.25) is 0 Å². The van der Waals surface area contributed by atoms with E-state index in [-0.39, 0.29) is 11.4 Å². The smallest absolute Gasteiger partial charge is 0.241 e. The van der Waals surface area contributed by atoms with Crippen LogP contribution in [0.25, 0.3) is 10.8 Å². The minimum atomic E-state index is -3.64. The fourth-order valence-corrected chi connectivity index (χ4v) is 3.92. The minimum Gasteiger partial charge on any atom is -0.493 e. The summed E-state index contributed by atoms with van der Waals surface area (Å²) >= 11 is 0. The summed E-state index contributed by atoms with van der Waals surface area (Å²) < 4.78 is 38.5. The zero-order valence-corrected chi connectivity index (χ0v) is 14.8. The summed E-state index contributed by atoms with van der Waals surface area (Å²) in [7, 11) is -0.543. The summed E-state index contributed by atoms with van der Waals surface area (Å²) in [6.45, 7) is 0.159. The van der Waals surface area contributed by atoms with Crippen LogP contribution in [0.5, 0.6) is 11.5 Å². The van der Waals surface area contributed by atoms with Crippen LogP contribution in [-0.2, 0) is 16.6 Å². The molecule has 0 spiro atoms. The average molecular weight is 357 g/mol. The Morgan fingerprint density at radius 1 is 0.880 bits per heavy atom. The van der Waals surface area contributed by atoms with Gasteiger partial charge < -0.3 is 9.47 Å². The van der Waals surface area contributed by atoms with E-state index >= 15 is 0 Å². The molecule has 0 fully saturated rings. The molecule has 0 radical (unpaired) electrons. The van der Waals surface area contributed by atoms with Crippen molar-refractivity contribution in [2.75, 3.05) is 14.2 Å². The Morgan fingerprint density at radius 2 is 1.60 bits per heavy atom. The third-order valence-corrected chi connectivity index (χ3v) is 5.41. The van der Waals surface area contributed by atoms with Gasteiger partial charge in [0.05, 0.1) is 19.1 Å². The van der Waals surface area contributed by atoms with E-state index in [1.54, 1.807) is 50.6 Å². The molecule has 6 heteroatoms. The summed E-state index contributed by atoms with van der Waals surface area (Å²) in [5.74, 6) is 1.16. The molecular formula is C19H19NO4S. The fourth-order valence-electron chi connectivity index (χ4n) is 2.68. The van der Waals surface area contributed by atoms with E-state index in [2.05, 4.69) is 4.72 Å². The molecule has 0 heterocycles. The highest BCUT2D eigenvalue weighted by molar-refractivity contribution is 7.89. The van der Waals surface area contributed by atoms with Crippen LogP contribution in [0.4, 0.5) is 0 Å². The van der Waals surface area contributed by atoms with Gasteiger partial charge in [0.15, 0.2) is 11.5 Å². The fraction of sp³-hybridized carbons (Fsp3) is 0.158. The average Bonchev–Trinajstić information content (AvgIpc) is 2.65. The molecule has 130 valence electrons. The van der Waals surface area contributed by atoms with E-state index in [1.165, 1.54) is 0 Å². The highest BCUT2D eigenvalue weighted by atomic mass is 32.2. The first-order chi connectivity index (χ1) is 12.0. The molecule has 3 aromatic carbocycles. The lowest BCUT2D eigenvalue weighted by atomic mass is 10.1. The Bertz CT molecular complexity index is 994. The largest absolute Gasteiger partial charge is 0.493 e. The molecule has 0 unspecified atom stereocenters. The number of hydrogen-bond acceptors (Lipinski definition) is 4. The van der Waals surface area contributed by atoms with Crippen molar-refractivity contribution in [3.05, 3.63) is 66.2 Å². The standard InChI is InChI=1S/C19H19NO4S/c1-23-17-11-10-14(12-18(17)24-2)13-20-25(21,22)19-9-5-7-15-6-3-4-8-16(15)19/h3-12,20H,13H2,1-2H3. The van der Waals surface area contributed by atoms with Crippen LogP contribution < -0.4 is 14.2 Å². The van der Waals surface area contributed by atoms with Gasteiger partial charge in [0.2, 0.25) is 10.0 Å². The monoisotopic (exact) mass is 357 g/mol. The third kappa shape index (κ3) is 3.60. The Balaban J connectivity index is 1.87. The number of hydrogen-bond donors (Lipinski definition) is 1. The van der Waals surface area contributed by atoms with E-state index in [9.17, 15) is 8.42 Å². The normalized spacial score (nSPS) is 11.4. The topological polar surface area (TPSA) is 64.6 Å². The summed E-state index contributed by atoms with van der Waals surface area (Å²) in [5.41, 5.74) is 0.779. The maximum absolute atomic E-state index is 12.7. The van der Waals surface area contributed by atoms with Crippen LogP contribution in [0.1, 0.15) is 5.56 Å². The van der Waals surface area contributed by atoms with Crippen molar-refractivity contribution in [2.24, 2.45) is 0 Å². The molecule has 0 aliphatic rings. The molecule has 25 heavy (non-hydrogen) atoms. The van der Waals surface area contributed by atoms with Gasteiger partial charge in [-0.1, -0.05) is 42.5 Å². The van der Waals surface area contributed by atoms with E-state index < -0.39 is 10.0 Å². The number of rotatable bonds is 6. The number of benzene rings is 3. The molecule has 1 N–H and O–H groups in total. The molecule has 0 aliphatic carbocycles. The van der Waals surface area contributed by atoms with Crippen molar-refractivity contribution in [1.82, 2.24) is 4.72 Å². The van der Waals surface area contributed by atoms with Crippen molar-refractivity contribution in [1.29, 1.82) is 0 Å². The number of sulfonamides is 1. The predicted octanol–water partition coefficient (Wildman–Crippen LogP) is 3.34. The molecule has 3 rings (SSSR count). The highest BCUT2D eigenvalue weighted by Crippen LogP contribution is 2.28. The molecule has 0 saturated heterocycles. The van der Waals surface area contributed by atoms with E-state index in [4.69, 9.17) is 9.47 Å². The number of fused-ring (bicyclic) bond motifs is 1. The van der Waals surface area contributed by atoms with Crippen molar-refractivity contribution in [2.45, 2.75) is 11.4 Å². The zero-order chi connectivity index (χ0) is 17.9. The van der Waals surface area contributed by atoms with E-state index in [0.717, 1.165) is 10.9 Å². The first-order valence-electron chi connectivity index (χ1n) is 7.73. The van der Waals surface area contributed by atoms with Gasteiger partial charge in [-0.2, -0.15) is 0 Å². The Labute approximate surface area is 147 Å². The second-order valence-corrected chi connectivity index (χ2v) is 7.23. The molecule has 0 amide bonds. The lowest BCUT2D eigenvalue weighted by molar-refractivity contribution is 0.354. The quantitative estimate of drug-likeness (QED) is 0.735. The SMILES string of the molecule is COc1ccc(CNS(=O)(=O)c2cccc3ccccc23)cc1OC. The molecule has 3 aromatic rings. The van der Waals surface area contributed by atoms with Crippen molar-refractivity contribution in [3.8, 4) is 11.5 Å². The van der Waals surface area contributed by atoms with Crippen LogP contribution in [0, 0.1) is 0 Å². The minimum absolute atomic E-state index is 0.159. The van der Waals surface area contributed by atoms with Crippen LogP contribution in [0.15, 0.2) is 65.6 Å². The highest BCUT2D eigenvalue weighted by Gasteiger charge is 2.17. The Hall–Kier alpha value is -2.57. The van der Waals surface area contributed by atoms with Crippen molar-refractivity contribution in [3.63, 3.8) is 0 Å². The zero-order valence-electron chi connectivity index (χ0n) is 14.0. The van der Waals surface area contributed by atoms with Crippen LogP contribution in [-0.4, -0.2) is 22.6 Å². The van der Waals surface area contributed by atoms with Crippen LogP contribution >= 0.6 is 0 Å². The maximum Gasteiger partial charge on any atom is 0.241 e. The second-order valence-electron chi connectivity index (χ2n) is 5.49. The molecule has 0 bridgehead atoms. The van der Waals surface area contributed by atoms with Gasteiger partial charge in [0.1, 0.15) is 0 Å². The van der Waals surface area contributed by atoms with Gasteiger partial charge in [-0.3, -0.25) is 0 Å². The molecule has 5 nitrogen and oxygen atoms in total. The predicted molar refractivity (Wildman–Crippen MR) is 97.5 cm³/mol. The lowest BCUT2D eigenvalue weighted by Gasteiger charge is -2.12.